The van der Waals surface area contributed by atoms with Crippen molar-refractivity contribution in [1.82, 2.24) is 14.6 Å². The standard InChI is InChI=1S/C27H21BrClN5O2/c1-36-20-11-9-18(10-12-20)27(35)32-19-6-4-5-17(13-19)15-30-25-14-24(21-7-2-3-8-23(21)29)33-26-22(28)16-31-34(25)26/h2-14,16,30H,15H2,1H3,(H,32,35). The number of halogens is 2. The number of hydrogen-bond acceptors (Lipinski definition) is 5. The van der Waals surface area contributed by atoms with Gasteiger partial charge in [0, 0.05) is 34.4 Å². The van der Waals surface area contributed by atoms with E-state index in [0.29, 0.717) is 34.2 Å². The fraction of sp³-hybridized carbons (Fsp3) is 0.0741. The molecule has 2 N–H and O–H groups in total. The van der Waals surface area contributed by atoms with Gasteiger partial charge in [0.2, 0.25) is 0 Å². The molecule has 0 saturated heterocycles. The van der Waals surface area contributed by atoms with Gasteiger partial charge in [-0.2, -0.15) is 9.61 Å². The maximum Gasteiger partial charge on any atom is 0.255 e. The molecule has 180 valence electrons. The van der Waals surface area contributed by atoms with E-state index in [2.05, 4.69) is 31.7 Å². The van der Waals surface area contributed by atoms with E-state index in [-0.39, 0.29) is 5.91 Å². The van der Waals surface area contributed by atoms with Crippen LogP contribution in [0, 0.1) is 0 Å². The lowest BCUT2D eigenvalue weighted by Crippen LogP contribution is -2.12. The monoisotopic (exact) mass is 561 g/mol. The van der Waals surface area contributed by atoms with Crippen molar-refractivity contribution in [1.29, 1.82) is 0 Å². The van der Waals surface area contributed by atoms with Crippen molar-refractivity contribution >= 4 is 50.6 Å². The fourth-order valence-electron chi connectivity index (χ4n) is 3.77. The van der Waals surface area contributed by atoms with Gasteiger partial charge in [-0.15, -0.1) is 0 Å². The van der Waals surface area contributed by atoms with Crippen molar-refractivity contribution < 1.29 is 9.53 Å². The molecule has 36 heavy (non-hydrogen) atoms. The minimum Gasteiger partial charge on any atom is -0.497 e. The molecule has 0 atom stereocenters. The second kappa shape index (κ2) is 10.4. The maximum absolute atomic E-state index is 12.7. The minimum atomic E-state index is -0.190. The van der Waals surface area contributed by atoms with Crippen LogP contribution in [0.25, 0.3) is 16.9 Å². The average molecular weight is 563 g/mol. The third-order valence-electron chi connectivity index (χ3n) is 5.59. The number of nitrogens with zero attached hydrogens (tertiary/aromatic N) is 3. The van der Waals surface area contributed by atoms with Gasteiger partial charge in [0.1, 0.15) is 11.6 Å². The summed E-state index contributed by atoms with van der Waals surface area (Å²) in [4.78, 5) is 17.4. The van der Waals surface area contributed by atoms with Gasteiger partial charge in [-0.3, -0.25) is 4.79 Å². The van der Waals surface area contributed by atoms with Gasteiger partial charge in [-0.1, -0.05) is 41.9 Å². The van der Waals surface area contributed by atoms with Gasteiger partial charge >= 0.3 is 0 Å². The molecule has 0 spiro atoms. The molecule has 7 nitrogen and oxygen atoms in total. The van der Waals surface area contributed by atoms with Crippen LogP contribution in [0.4, 0.5) is 11.5 Å². The number of ether oxygens (including phenoxy) is 1. The van der Waals surface area contributed by atoms with Crippen LogP contribution < -0.4 is 15.4 Å². The molecule has 2 aromatic heterocycles. The zero-order valence-electron chi connectivity index (χ0n) is 19.2. The van der Waals surface area contributed by atoms with Crippen molar-refractivity contribution in [3.63, 3.8) is 0 Å². The van der Waals surface area contributed by atoms with E-state index in [9.17, 15) is 4.79 Å². The highest BCUT2D eigenvalue weighted by molar-refractivity contribution is 9.10. The molecule has 0 aliphatic rings. The topological polar surface area (TPSA) is 80.5 Å². The number of hydrogen-bond donors (Lipinski definition) is 2. The van der Waals surface area contributed by atoms with E-state index in [0.717, 1.165) is 27.1 Å². The Morgan fingerprint density at radius 1 is 1.06 bits per heavy atom. The smallest absolute Gasteiger partial charge is 0.255 e. The quantitative estimate of drug-likeness (QED) is 0.231. The molecule has 0 saturated carbocycles. The first-order valence-corrected chi connectivity index (χ1v) is 12.3. The number of methoxy groups -OCH3 is 1. The molecular formula is C27H21BrClN5O2. The van der Waals surface area contributed by atoms with Crippen LogP contribution in [-0.2, 0) is 6.54 Å². The number of anilines is 2. The summed E-state index contributed by atoms with van der Waals surface area (Å²) in [6.45, 7) is 0.505. The number of rotatable bonds is 7. The average Bonchev–Trinajstić information content (AvgIpc) is 3.28. The molecule has 5 aromatic rings. The summed E-state index contributed by atoms with van der Waals surface area (Å²) in [6, 6.07) is 24.2. The van der Waals surface area contributed by atoms with E-state index < -0.39 is 0 Å². The lowest BCUT2D eigenvalue weighted by Gasteiger charge is -2.13. The van der Waals surface area contributed by atoms with Gasteiger partial charge in [-0.25, -0.2) is 4.98 Å². The van der Waals surface area contributed by atoms with Gasteiger partial charge < -0.3 is 15.4 Å². The number of aromatic nitrogens is 3. The molecular weight excluding hydrogens is 542 g/mol. The first-order chi connectivity index (χ1) is 17.5. The number of fused-ring (bicyclic) bond motifs is 1. The molecule has 0 unspecified atom stereocenters. The van der Waals surface area contributed by atoms with Crippen LogP contribution in [-0.4, -0.2) is 27.6 Å². The van der Waals surface area contributed by atoms with E-state index in [4.69, 9.17) is 21.3 Å². The van der Waals surface area contributed by atoms with E-state index in [1.807, 2.05) is 54.6 Å². The molecule has 0 bridgehead atoms. The number of amides is 1. The Morgan fingerprint density at radius 3 is 2.64 bits per heavy atom. The Morgan fingerprint density at radius 2 is 1.86 bits per heavy atom. The molecule has 0 aliphatic carbocycles. The summed E-state index contributed by atoms with van der Waals surface area (Å²) in [7, 11) is 1.59. The summed E-state index contributed by atoms with van der Waals surface area (Å²) in [6.07, 6.45) is 1.71. The Labute approximate surface area is 221 Å². The van der Waals surface area contributed by atoms with Crippen LogP contribution >= 0.6 is 27.5 Å². The molecule has 5 rings (SSSR count). The molecule has 3 aromatic carbocycles. The van der Waals surface area contributed by atoms with Crippen molar-refractivity contribution in [2.45, 2.75) is 6.54 Å². The Bertz CT molecular complexity index is 1550. The molecule has 0 fully saturated rings. The van der Waals surface area contributed by atoms with Crippen LogP contribution in [0.2, 0.25) is 5.02 Å². The van der Waals surface area contributed by atoms with E-state index in [1.165, 1.54) is 0 Å². The van der Waals surface area contributed by atoms with Crippen LogP contribution in [0.5, 0.6) is 5.75 Å². The maximum atomic E-state index is 12.7. The summed E-state index contributed by atoms with van der Waals surface area (Å²) in [5, 5.41) is 11.4. The van der Waals surface area contributed by atoms with Gasteiger partial charge in [-0.05, 0) is 64.0 Å². The SMILES string of the molecule is COc1ccc(C(=O)Nc2cccc(CNc3cc(-c4ccccc4Cl)nc4c(Br)cnn34)c2)cc1. The third-order valence-corrected chi connectivity index (χ3v) is 6.48. The third kappa shape index (κ3) is 5.05. The second-order valence-corrected chi connectivity index (χ2v) is 9.23. The van der Waals surface area contributed by atoms with Crippen LogP contribution in [0.15, 0.2) is 89.5 Å². The highest BCUT2D eigenvalue weighted by Crippen LogP contribution is 2.30. The van der Waals surface area contributed by atoms with Crippen LogP contribution in [0.3, 0.4) is 0 Å². The predicted octanol–water partition coefficient (Wildman–Crippen LogP) is 6.69. The zero-order valence-corrected chi connectivity index (χ0v) is 21.5. The van der Waals surface area contributed by atoms with Crippen molar-refractivity contribution in [3.8, 4) is 17.0 Å². The van der Waals surface area contributed by atoms with E-state index in [1.54, 1.807) is 42.1 Å². The van der Waals surface area contributed by atoms with Crippen molar-refractivity contribution in [3.05, 3.63) is 106 Å². The minimum absolute atomic E-state index is 0.190. The highest BCUT2D eigenvalue weighted by Gasteiger charge is 2.13. The molecule has 2 heterocycles. The van der Waals surface area contributed by atoms with Gasteiger partial charge in [0.25, 0.3) is 5.91 Å². The molecule has 9 heteroatoms. The summed E-state index contributed by atoms with van der Waals surface area (Å²) < 4.78 is 7.67. The second-order valence-electron chi connectivity index (χ2n) is 7.97. The predicted molar refractivity (Wildman–Crippen MR) is 146 cm³/mol. The van der Waals surface area contributed by atoms with Gasteiger partial charge in [0.05, 0.1) is 23.5 Å². The number of carbonyl (C=O) groups is 1. The largest absolute Gasteiger partial charge is 0.497 e. The lowest BCUT2D eigenvalue weighted by atomic mass is 10.1. The first kappa shape index (κ1) is 23.8. The number of carbonyl (C=O) groups excluding carboxylic acids is 1. The van der Waals surface area contributed by atoms with E-state index >= 15 is 0 Å². The molecule has 0 aliphatic heterocycles. The normalized spacial score (nSPS) is 10.9. The highest BCUT2D eigenvalue weighted by atomic mass is 79.9. The van der Waals surface area contributed by atoms with Gasteiger partial charge in [0.15, 0.2) is 5.65 Å². The number of benzene rings is 3. The summed E-state index contributed by atoms with van der Waals surface area (Å²) in [5.74, 6) is 1.27. The molecule has 1 amide bonds. The first-order valence-electron chi connectivity index (χ1n) is 11.1. The summed E-state index contributed by atoms with van der Waals surface area (Å²) in [5.41, 5.74) is 4.48. The lowest BCUT2D eigenvalue weighted by molar-refractivity contribution is 0.102. The van der Waals surface area contributed by atoms with Crippen molar-refractivity contribution in [2.24, 2.45) is 0 Å². The van der Waals surface area contributed by atoms with Crippen LogP contribution in [0.1, 0.15) is 15.9 Å². The van der Waals surface area contributed by atoms with Crippen molar-refractivity contribution in [2.75, 3.05) is 17.7 Å². The Balaban J connectivity index is 1.36. The Hall–Kier alpha value is -3.88. The zero-order chi connectivity index (χ0) is 25.1. The Kier molecular flexibility index (Phi) is 6.88. The molecule has 0 radical (unpaired) electrons. The fourth-order valence-corrected chi connectivity index (χ4v) is 4.35. The number of nitrogens with one attached hydrogen (secondary N) is 2. The summed E-state index contributed by atoms with van der Waals surface area (Å²) >= 11 is 9.96.